The van der Waals surface area contributed by atoms with E-state index in [1.54, 1.807) is 0 Å². The zero-order valence-electron chi connectivity index (χ0n) is 8.07. The Labute approximate surface area is 84.0 Å². The van der Waals surface area contributed by atoms with Crippen LogP contribution in [0.1, 0.15) is 6.92 Å². The maximum absolute atomic E-state index is 5.51. The van der Waals surface area contributed by atoms with E-state index in [0.717, 1.165) is 17.1 Å². The maximum atomic E-state index is 5.51. The van der Waals surface area contributed by atoms with Crippen molar-refractivity contribution in [2.45, 2.75) is 6.92 Å². The van der Waals surface area contributed by atoms with E-state index >= 15 is 0 Å². The highest BCUT2D eigenvalue weighted by molar-refractivity contribution is 6.53. The van der Waals surface area contributed by atoms with Crippen molar-refractivity contribution in [2.75, 3.05) is 0 Å². The molecule has 0 spiro atoms. The second kappa shape index (κ2) is 3.62. The van der Waals surface area contributed by atoms with Crippen LogP contribution < -0.4 is 9.31 Å². The van der Waals surface area contributed by atoms with Crippen LogP contribution in [0.3, 0.4) is 0 Å². The van der Waals surface area contributed by atoms with Crippen molar-refractivity contribution in [3.05, 3.63) is 48.5 Å². The highest BCUT2D eigenvalue weighted by Crippen LogP contribution is 2.32. The molecular weight excluding hydrogens is 175 g/mol. The van der Waals surface area contributed by atoms with E-state index in [-0.39, 0.29) is 7.12 Å². The Morgan fingerprint density at radius 1 is 1.29 bits per heavy atom. The average molecular weight is 186 g/mol. The lowest BCUT2D eigenvalue weighted by Crippen LogP contribution is -2.21. The highest BCUT2D eigenvalue weighted by atomic mass is 16.6. The van der Waals surface area contributed by atoms with Gasteiger partial charge < -0.3 is 9.31 Å². The molecule has 0 amide bonds. The molecule has 1 aliphatic heterocycles. The van der Waals surface area contributed by atoms with Crippen LogP contribution in [0.25, 0.3) is 0 Å². The second-order valence-corrected chi connectivity index (χ2v) is 3.26. The normalized spacial score (nSPS) is 13.6. The minimum atomic E-state index is -0.316. The number of hydrogen-bond acceptors (Lipinski definition) is 2. The summed E-state index contributed by atoms with van der Waals surface area (Å²) in [5.74, 6) is 3.44. The lowest BCUT2D eigenvalue weighted by molar-refractivity contribution is 0.517. The van der Waals surface area contributed by atoms with E-state index in [2.05, 4.69) is 6.58 Å². The van der Waals surface area contributed by atoms with Crippen LogP contribution in [0.5, 0.6) is 11.5 Å². The van der Waals surface area contributed by atoms with Gasteiger partial charge >= 0.3 is 7.12 Å². The van der Waals surface area contributed by atoms with Gasteiger partial charge in [0.1, 0.15) is 11.5 Å². The Morgan fingerprint density at radius 3 is 2.36 bits per heavy atom. The Balaban J connectivity index is 2.08. The molecule has 0 bridgehead atoms. The molecule has 0 N–H and O–H groups in total. The van der Waals surface area contributed by atoms with Gasteiger partial charge in [-0.2, -0.15) is 0 Å². The second-order valence-electron chi connectivity index (χ2n) is 3.26. The molecule has 0 fully saturated rings. The van der Waals surface area contributed by atoms with E-state index in [1.165, 1.54) is 0 Å². The van der Waals surface area contributed by atoms with Crippen LogP contribution in [0.15, 0.2) is 48.5 Å². The van der Waals surface area contributed by atoms with Gasteiger partial charge in [0.05, 0.1) is 0 Å². The first-order valence-electron chi connectivity index (χ1n) is 4.52. The van der Waals surface area contributed by atoms with Crippen LogP contribution in [0, 0.1) is 0 Å². The Kier molecular flexibility index (Phi) is 2.31. The van der Waals surface area contributed by atoms with Gasteiger partial charge in [-0.1, -0.05) is 30.4 Å². The zero-order chi connectivity index (χ0) is 9.97. The molecule has 0 aliphatic carbocycles. The lowest BCUT2D eigenvalue weighted by Gasteiger charge is -1.97. The average Bonchev–Trinajstić information content (AvgIpc) is 2.57. The SMILES string of the molecule is C=C(C)/C=C/B1Oc2ccccc2O1. The molecule has 2 rings (SSSR count). The molecule has 14 heavy (non-hydrogen) atoms. The Hall–Kier alpha value is -1.64. The third kappa shape index (κ3) is 1.82. The van der Waals surface area contributed by atoms with Crippen molar-refractivity contribution in [1.29, 1.82) is 0 Å². The molecular formula is C11H11BO2. The summed E-state index contributed by atoms with van der Waals surface area (Å²) >= 11 is 0. The van der Waals surface area contributed by atoms with E-state index in [1.807, 2.05) is 43.2 Å². The maximum Gasteiger partial charge on any atom is 0.625 e. The van der Waals surface area contributed by atoms with Crippen LogP contribution in [0.2, 0.25) is 0 Å². The van der Waals surface area contributed by atoms with Gasteiger partial charge in [0.2, 0.25) is 0 Å². The molecule has 0 aromatic heterocycles. The summed E-state index contributed by atoms with van der Waals surface area (Å²) in [5.41, 5.74) is 0.980. The predicted molar refractivity (Wildman–Crippen MR) is 57.4 cm³/mol. The van der Waals surface area contributed by atoms with Crippen molar-refractivity contribution in [1.82, 2.24) is 0 Å². The van der Waals surface area contributed by atoms with Crippen LogP contribution >= 0.6 is 0 Å². The van der Waals surface area contributed by atoms with Crippen molar-refractivity contribution >= 4 is 7.12 Å². The molecule has 1 aliphatic rings. The molecule has 2 nitrogen and oxygen atoms in total. The summed E-state index contributed by atoms with van der Waals surface area (Å²) in [6, 6.07) is 7.63. The molecule has 0 unspecified atom stereocenters. The smallest absolute Gasteiger partial charge is 0.520 e. The van der Waals surface area contributed by atoms with Gasteiger partial charge in [-0.15, -0.1) is 0 Å². The van der Waals surface area contributed by atoms with Gasteiger partial charge in [-0.3, -0.25) is 0 Å². The zero-order valence-corrected chi connectivity index (χ0v) is 8.07. The number of benzene rings is 1. The van der Waals surface area contributed by atoms with Crippen molar-refractivity contribution in [3.8, 4) is 11.5 Å². The summed E-state index contributed by atoms with van der Waals surface area (Å²) in [7, 11) is -0.316. The van der Waals surface area contributed by atoms with E-state index < -0.39 is 0 Å². The highest BCUT2D eigenvalue weighted by Gasteiger charge is 2.28. The summed E-state index contributed by atoms with van der Waals surface area (Å²) in [4.78, 5) is 0. The Morgan fingerprint density at radius 2 is 1.86 bits per heavy atom. The molecule has 0 saturated heterocycles. The Bertz CT molecular complexity index is 360. The standard InChI is InChI=1S/C11H11BO2/c1-9(2)7-8-12-13-10-5-3-4-6-11(10)14-12/h3-8H,1H2,2H3/b8-7+. The first kappa shape index (κ1) is 8.94. The van der Waals surface area contributed by atoms with E-state index in [9.17, 15) is 0 Å². The molecule has 70 valence electrons. The summed E-state index contributed by atoms with van der Waals surface area (Å²) in [6.45, 7) is 5.70. The minimum absolute atomic E-state index is 0.316. The first-order valence-corrected chi connectivity index (χ1v) is 4.52. The molecule has 1 aromatic rings. The van der Waals surface area contributed by atoms with Gasteiger partial charge in [0.25, 0.3) is 0 Å². The topological polar surface area (TPSA) is 18.5 Å². The third-order valence-electron chi connectivity index (χ3n) is 1.87. The van der Waals surface area contributed by atoms with Gasteiger partial charge in [-0.05, 0) is 25.0 Å². The fourth-order valence-electron chi connectivity index (χ4n) is 1.24. The van der Waals surface area contributed by atoms with Crippen molar-refractivity contribution in [3.63, 3.8) is 0 Å². The predicted octanol–water partition coefficient (Wildman–Crippen LogP) is 2.62. The van der Waals surface area contributed by atoms with Crippen LogP contribution in [-0.2, 0) is 0 Å². The lowest BCUT2D eigenvalue weighted by atomic mass is 9.90. The number of allylic oxidation sites excluding steroid dienone is 2. The van der Waals surface area contributed by atoms with Crippen molar-refractivity contribution < 1.29 is 9.31 Å². The number of para-hydroxylation sites is 2. The largest absolute Gasteiger partial charge is 0.625 e. The van der Waals surface area contributed by atoms with Crippen LogP contribution in [0.4, 0.5) is 0 Å². The minimum Gasteiger partial charge on any atom is -0.520 e. The van der Waals surface area contributed by atoms with Crippen LogP contribution in [-0.4, -0.2) is 7.12 Å². The fourth-order valence-corrected chi connectivity index (χ4v) is 1.24. The molecule has 0 atom stereocenters. The fraction of sp³-hybridized carbons (Fsp3) is 0.0909. The van der Waals surface area contributed by atoms with Gasteiger partial charge in [-0.25, -0.2) is 0 Å². The summed E-state index contributed by atoms with van der Waals surface area (Å²) in [5, 5.41) is 0. The van der Waals surface area contributed by atoms with Gasteiger partial charge in [0.15, 0.2) is 0 Å². The van der Waals surface area contributed by atoms with Gasteiger partial charge in [0, 0.05) is 0 Å². The summed E-state index contributed by atoms with van der Waals surface area (Å²) < 4.78 is 11.0. The van der Waals surface area contributed by atoms with E-state index in [4.69, 9.17) is 9.31 Å². The monoisotopic (exact) mass is 186 g/mol. The quantitative estimate of drug-likeness (QED) is 0.522. The molecule has 0 radical (unpaired) electrons. The molecule has 3 heteroatoms. The number of rotatable bonds is 2. The molecule has 0 saturated carbocycles. The van der Waals surface area contributed by atoms with E-state index in [0.29, 0.717) is 0 Å². The van der Waals surface area contributed by atoms with Crippen molar-refractivity contribution in [2.24, 2.45) is 0 Å². The number of fused-ring (bicyclic) bond motifs is 1. The molecule has 1 heterocycles. The third-order valence-corrected chi connectivity index (χ3v) is 1.87. The number of hydrogen-bond donors (Lipinski definition) is 0. The first-order chi connectivity index (χ1) is 6.75. The molecule has 1 aromatic carbocycles. The summed E-state index contributed by atoms with van der Waals surface area (Å²) in [6.07, 6.45) is 1.89.